The van der Waals surface area contributed by atoms with Crippen LogP contribution < -0.4 is 10.2 Å². The smallest absolute Gasteiger partial charge is 0.272 e. The summed E-state index contributed by atoms with van der Waals surface area (Å²) in [5.74, 6) is -0.863. The molecule has 6 heteroatoms. The zero-order chi connectivity index (χ0) is 22.8. The van der Waals surface area contributed by atoms with Crippen LogP contribution in [0.4, 0.5) is 11.4 Å². The number of rotatable bonds is 5. The van der Waals surface area contributed by atoms with Crippen LogP contribution in [0.2, 0.25) is 0 Å². The molecular formula is C26H22N2O3S. The van der Waals surface area contributed by atoms with Crippen molar-refractivity contribution in [2.75, 3.05) is 10.2 Å². The third-order valence-corrected chi connectivity index (χ3v) is 6.41. The first kappa shape index (κ1) is 21.6. The van der Waals surface area contributed by atoms with Crippen molar-refractivity contribution < 1.29 is 14.4 Å². The monoisotopic (exact) mass is 442 g/mol. The summed E-state index contributed by atoms with van der Waals surface area (Å²) in [7, 11) is 0. The Bertz CT molecular complexity index is 1250. The number of hydrogen-bond donors (Lipinski definition) is 1. The van der Waals surface area contributed by atoms with Crippen LogP contribution in [0.15, 0.2) is 82.6 Å². The Hall–Kier alpha value is -3.64. The summed E-state index contributed by atoms with van der Waals surface area (Å²) in [6, 6.07) is 22.1. The van der Waals surface area contributed by atoms with E-state index in [0.29, 0.717) is 27.4 Å². The van der Waals surface area contributed by atoms with E-state index < -0.39 is 0 Å². The first-order valence-corrected chi connectivity index (χ1v) is 11.0. The maximum absolute atomic E-state index is 13.6. The van der Waals surface area contributed by atoms with Gasteiger partial charge >= 0.3 is 0 Å². The van der Waals surface area contributed by atoms with Crippen LogP contribution >= 0.6 is 11.8 Å². The Kier molecular flexibility index (Phi) is 5.97. The number of imide groups is 1. The third kappa shape index (κ3) is 4.09. The fourth-order valence-corrected chi connectivity index (χ4v) is 4.60. The van der Waals surface area contributed by atoms with Gasteiger partial charge < -0.3 is 5.32 Å². The molecule has 0 aliphatic carbocycles. The molecule has 1 aliphatic heterocycles. The highest BCUT2D eigenvalue weighted by molar-refractivity contribution is 8.04. The Morgan fingerprint density at radius 3 is 2.19 bits per heavy atom. The molecule has 1 aliphatic rings. The molecule has 0 aromatic heterocycles. The van der Waals surface area contributed by atoms with Gasteiger partial charge in [-0.1, -0.05) is 54.2 Å². The number of aryl methyl sites for hydroxylation is 1. The van der Waals surface area contributed by atoms with E-state index in [9.17, 15) is 14.4 Å². The van der Waals surface area contributed by atoms with Crippen LogP contribution in [0.25, 0.3) is 5.57 Å². The molecule has 32 heavy (non-hydrogen) atoms. The Balaban J connectivity index is 1.81. The molecule has 0 spiro atoms. The predicted octanol–water partition coefficient (Wildman–Crippen LogP) is 5.34. The van der Waals surface area contributed by atoms with E-state index >= 15 is 0 Å². The van der Waals surface area contributed by atoms with Gasteiger partial charge in [0.05, 0.1) is 16.2 Å². The number of benzene rings is 3. The summed E-state index contributed by atoms with van der Waals surface area (Å²) in [6.45, 7) is 5.31. The molecule has 0 fully saturated rings. The second-order valence-corrected chi connectivity index (χ2v) is 8.63. The molecular weight excluding hydrogens is 420 g/mol. The SMILES string of the molecule is CC(=O)Nc1ccc(C2=C(Sc3ccccc3)C(=O)N(c3cccc(C)c3C)C2=O)cc1. The van der Waals surface area contributed by atoms with Crippen molar-refractivity contribution in [2.24, 2.45) is 0 Å². The summed E-state index contributed by atoms with van der Waals surface area (Å²) in [5.41, 5.74) is 4.11. The molecule has 1 N–H and O–H groups in total. The highest BCUT2D eigenvalue weighted by atomic mass is 32.2. The summed E-state index contributed by atoms with van der Waals surface area (Å²) in [5, 5.41) is 2.72. The second kappa shape index (κ2) is 8.85. The maximum atomic E-state index is 13.6. The van der Waals surface area contributed by atoms with Gasteiger partial charge in [0.25, 0.3) is 11.8 Å². The highest BCUT2D eigenvalue weighted by Gasteiger charge is 2.41. The molecule has 3 aromatic rings. The van der Waals surface area contributed by atoms with Crippen LogP contribution in [-0.2, 0) is 14.4 Å². The Morgan fingerprint density at radius 2 is 1.53 bits per heavy atom. The largest absolute Gasteiger partial charge is 0.326 e. The molecule has 4 rings (SSSR count). The van der Waals surface area contributed by atoms with E-state index in [0.717, 1.165) is 16.0 Å². The van der Waals surface area contributed by atoms with E-state index in [1.165, 1.54) is 23.6 Å². The second-order valence-electron chi connectivity index (χ2n) is 7.54. The number of hydrogen-bond acceptors (Lipinski definition) is 4. The Labute approximate surface area is 191 Å². The number of carbonyl (C=O) groups excluding carboxylic acids is 3. The van der Waals surface area contributed by atoms with Gasteiger partial charge in [-0.05, 0) is 60.9 Å². The minimum atomic E-state index is -0.352. The summed E-state index contributed by atoms with van der Waals surface area (Å²) in [4.78, 5) is 41.0. The molecule has 5 nitrogen and oxygen atoms in total. The fraction of sp³-hybridized carbons (Fsp3) is 0.115. The van der Waals surface area contributed by atoms with E-state index in [2.05, 4.69) is 5.32 Å². The van der Waals surface area contributed by atoms with E-state index in [4.69, 9.17) is 0 Å². The van der Waals surface area contributed by atoms with Gasteiger partial charge in [-0.15, -0.1) is 0 Å². The van der Waals surface area contributed by atoms with E-state index in [1.807, 2.05) is 56.3 Å². The quantitative estimate of drug-likeness (QED) is 0.542. The molecule has 0 unspecified atom stereocenters. The van der Waals surface area contributed by atoms with Gasteiger partial charge in [0.15, 0.2) is 0 Å². The predicted molar refractivity (Wildman–Crippen MR) is 128 cm³/mol. The summed E-state index contributed by atoms with van der Waals surface area (Å²) >= 11 is 1.29. The van der Waals surface area contributed by atoms with E-state index in [-0.39, 0.29) is 17.7 Å². The van der Waals surface area contributed by atoms with Crippen molar-refractivity contribution in [1.82, 2.24) is 0 Å². The van der Waals surface area contributed by atoms with Gasteiger partial charge in [-0.2, -0.15) is 0 Å². The lowest BCUT2D eigenvalue weighted by molar-refractivity contribution is -0.120. The van der Waals surface area contributed by atoms with Gasteiger partial charge in [-0.25, -0.2) is 4.90 Å². The Morgan fingerprint density at radius 1 is 0.844 bits per heavy atom. The molecule has 3 aromatic carbocycles. The van der Waals surface area contributed by atoms with Gasteiger partial charge in [0, 0.05) is 17.5 Å². The lowest BCUT2D eigenvalue weighted by atomic mass is 10.0. The number of carbonyl (C=O) groups is 3. The van der Waals surface area contributed by atoms with Crippen LogP contribution in [0.5, 0.6) is 0 Å². The normalized spacial score (nSPS) is 13.7. The molecule has 0 radical (unpaired) electrons. The van der Waals surface area contributed by atoms with Crippen LogP contribution in [-0.4, -0.2) is 17.7 Å². The minimum absolute atomic E-state index is 0.175. The lowest BCUT2D eigenvalue weighted by Crippen LogP contribution is -2.32. The van der Waals surface area contributed by atoms with Crippen molar-refractivity contribution in [3.8, 4) is 0 Å². The minimum Gasteiger partial charge on any atom is -0.326 e. The zero-order valence-electron chi connectivity index (χ0n) is 18.0. The maximum Gasteiger partial charge on any atom is 0.272 e. The van der Waals surface area contributed by atoms with Gasteiger partial charge in [0.1, 0.15) is 0 Å². The third-order valence-electron chi connectivity index (χ3n) is 5.32. The number of anilines is 2. The average molecular weight is 443 g/mol. The molecule has 0 bridgehead atoms. The summed E-state index contributed by atoms with van der Waals surface area (Å²) in [6.07, 6.45) is 0. The van der Waals surface area contributed by atoms with Crippen molar-refractivity contribution >= 4 is 46.4 Å². The van der Waals surface area contributed by atoms with Crippen molar-refractivity contribution in [3.63, 3.8) is 0 Å². The van der Waals surface area contributed by atoms with Crippen molar-refractivity contribution in [1.29, 1.82) is 0 Å². The molecule has 160 valence electrons. The average Bonchev–Trinajstić information content (AvgIpc) is 3.01. The molecule has 3 amide bonds. The van der Waals surface area contributed by atoms with E-state index in [1.54, 1.807) is 30.3 Å². The van der Waals surface area contributed by atoms with Crippen LogP contribution in [0.3, 0.4) is 0 Å². The number of amides is 3. The lowest BCUT2D eigenvalue weighted by Gasteiger charge is -2.19. The number of nitrogens with one attached hydrogen (secondary N) is 1. The first-order chi connectivity index (χ1) is 15.4. The standard InChI is InChI=1S/C26H22N2O3S/c1-16-8-7-11-22(17(16)2)28-25(30)23(19-12-14-20(15-13-19)27-18(3)29)24(26(28)31)32-21-9-5-4-6-10-21/h4-15H,1-3H3,(H,27,29). The molecule has 0 atom stereocenters. The topological polar surface area (TPSA) is 66.5 Å². The van der Waals surface area contributed by atoms with Crippen LogP contribution in [0, 0.1) is 13.8 Å². The molecule has 0 saturated carbocycles. The first-order valence-electron chi connectivity index (χ1n) is 10.2. The van der Waals surface area contributed by atoms with Crippen molar-refractivity contribution in [3.05, 3.63) is 94.4 Å². The zero-order valence-corrected chi connectivity index (χ0v) is 18.8. The van der Waals surface area contributed by atoms with Gasteiger partial charge in [-0.3, -0.25) is 14.4 Å². The highest BCUT2D eigenvalue weighted by Crippen LogP contribution is 2.42. The number of nitrogens with zero attached hydrogens (tertiary/aromatic N) is 1. The summed E-state index contributed by atoms with van der Waals surface area (Å²) < 4.78 is 0. The molecule has 0 saturated heterocycles. The van der Waals surface area contributed by atoms with Crippen LogP contribution in [0.1, 0.15) is 23.6 Å². The molecule has 1 heterocycles. The number of thioether (sulfide) groups is 1. The van der Waals surface area contributed by atoms with Gasteiger partial charge in [0.2, 0.25) is 5.91 Å². The van der Waals surface area contributed by atoms with Crippen molar-refractivity contribution in [2.45, 2.75) is 25.7 Å². The fourth-order valence-electron chi connectivity index (χ4n) is 3.59.